The summed E-state index contributed by atoms with van der Waals surface area (Å²) in [6.07, 6.45) is 0. The van der Waals surface area contributed by atoms with Crippen molar-refractivity contribution in [1.29, 1.82) is 0 Å². The van der Waals surface area contributed by atoms with Gasteiger partial charge >= 0.3 is 0 Å². The second-order valence-corrected chi connectivity index (χ2v) is 2.44. The molecule has 0 unspecified atom stereocenters. The lowest BCUT2D eigenvalue weighted by molar-refractivity contribution is -0.140. The lowest BCUT2D eigenvalue weighted by atomic mass is 10.1. The minimum absolute atomic E-state index is 0.0682. The van der Waals surface area contributed by atoms with Crippen LogP contribution in [0.5, 0.6) is 0 Å². The van der Waals surface area contributed by atoms with E-state index >= 15 is 0 Å². The summed E-state index contributed by atoms with van der Waals surface area (Å²) >= 11 is 0. The maximum absolute atomic E-state index is 10.1. The Kier molecular flexibility index (Phi) is 4.87. The zero-order valence-electron chi connectivity index (χ0n) is 6.99. The van der Waals surface area contributed by atoms with Crippen molar-refractivity contribution in [3.8, 4) is 0 Å². The van der Waals surface area contributed by atoms with E-state index in [9.17, 15) is 4.79 Å². The maximum atomic E-state index is 10.1. The summed E-state index contributed by atoms with van der Waals surface area (Å²) in [5, 5.41) is 6.46. The van der Waals surface area contributed by atoms with Crippen LogP contribution in [0.4, 0.5) is 0 Å². The summed E-state index contributed by atoms with van der Waals surface area (Å²) in [5.41, 5.74) is 15.0. The van der Waals surface area contributed by atoms with Crippen molar-refractivity contribution in [3.63, 3.8) is 0 Å². The molecule has 0 saturated carbocycles. The van der Waals surface area contributed by atoms with Crippen LogP contribution in [0.25, 0.3) is 20.9 Å². The molecule has 0 bridgehead atoms. The highest BCUT2D eigenvalue weighted by molar-refractivity contribution is 5.38. The van der Waals surface area contributed by atoms with Crippen LogP contribution in [-0.4, -0.2) is 25.2 Å². The predicted octanol–water partition coefficient (Wildman–Crippen LogP) is 1.54. The molecular weight excluding hydrogens is 176 g/mol. The fourth-order valence-electron chi connectivity index (χ4n) is 0.603. The van der Waals surface area contributed by atoms with Crippen molar-refractivity contribution >= 4 is 6.47 Å². The van der Waals surface area contributed by atoms with Crippen molar-refractivity contribution < 1.29 is 9.53 Å². The first kappa shape index (κ1) is 11.1. The molecule has 0 fully saturated rings. The zero-order valence-corrected chi connectivity index (χ0v) is 6.99. The molecule has 13 heavy (non-hydrogen) atoms. The monoisotopic (exact) mass is 184 g/mol. The maximum Gasteiger partial charge on any atom is 0.293 e. The molecule has 0 heterocycles. The number of hydrogen-bond donors (Lipinski definition) is 0. The fraction of sp³-hybridized carbons (Fsp3) is 0.800. The van der Waals surface area contributed by atoms with E-state index < -0.39 is 5.60 Å². The molecule has 0 aliphatic carbocycles. The van der Waals surface area contributed by atoms with Gasteiger partial charge in [-0.15, -0.1) is 0 Å². The summed E-state index contributed by atoms with van der Waals surface area (Å²) in [5.74, 6) is 0. The number of carbonyl (C=O) groups is 1. The molecule has 8 nitrogen and oxygen atoms in total. The van der Waals surface area contributed by atoms with E-state index in [0.717, 1.165) is 0 Å². The molecule has 0 amide bonds. The van der Waals surface area contributed by atoms with E-state index in [2.05, 4.69) is 24.8 Å². The van der Waals surface area contributed by atoms with Gasteiger partial charge in [0.25, 0.3) is 6.47 Å². The molecule has 0 radical (unpaired) electrons. The Balaban J connectivity index is 4.38. The molecule has 0 N–H and O–H groups in total. The van der Waals surface area contributed by atoms with Gasteiger partial charge in [0.2, 0.25) is 0 Å². The molecule has 0 atom stereocenters. The average Bonchev–Trinajstić information content (AvgIpc) is 2.12. The first-order valence-electron chi connectivity index (χ1n) is 3.32. The second-order valence-electron chi connectivity index (χ2n) is 2.44. The minimum Gasteiger partial charge on any atom is -0.461 e. The van der Waals surface area contributed by atoms with Crippen LogP contribution in [0.3, 0.4) is 0 Å². The third-order valence-electron chi connectivity index (χ3n) is 1.27. The van der Waals surface area contributed by atoms with Crippen LogP contribution in [-0.2, 0) is 9.53 Å². The van der Waals surface area contributed by atoms with Gasteiger partial charge < -0.3 is 4.74 Å². The number of carbonyl (C=O) groups excluding carboxylic acids is 1. The van der Waals surface area contributed by atoms with Crippen molar-refractivity contribution in [2.24, 2.45) is 10.2 Å². The van der Waals surface area contributed by atoms with E-state index in [-0.39, 0.29) is 19.6 Å². The van der Waals surface area contributed by atoms with Gasteiger partial charge in [-0.25, -0.2) is 0 Å². The van der Waals surface area contributed by atoms with E-state index in [1.807, 2.05) is 0 Å². The van der Waals surface area contributed by atoms with Crippen LogP contribution in [0.1, 0.15) is 6.92 Å². The van der Waals surface area contributed by atoms with E-state index in [0.29, 0.717) is 0 Å². The van der Waals surface area contributed by atoms with E-state index in [4.69, 9.17) is 11.1 Å². The smallest absolute Gasteiger partial charge is 0.293 e. The number of ether oxygens (including phenoxy) is 1. The highest BCUT2D eigenvalue weighted by Crippen LogP contribution is 2.10. The van der Waals surface area contributed by atoms with Gasteiger partial charge in [0.15, 0.2) is 0 Å². The van der Waals surface area contributed by atoms with Gasteiger partial charge in [0, 0.05) is 9.82 Å². The van der Waals surface area contributed by atoms with Gasteiger partial charge in [-0.2, -0.15) is 0 Å². The van der Waals surface area contributed by atoms with E-state index in [1.54, 1.807) is 0 Å². The Morgan fingerprint density at radius 1 is 1.38 bits per heavy atom. The Bertz CT molecular complexity index is 244. The third kappa shape index (κ3) is 4.52. The van der Waals surface area contributed by atoms with Gasteiger partial charge in [0.05, 0.1) is 13.1 Å². The quantitative estimate of drug-likeness (QED) is 0.269. The predicted molar refractivity (Wildman–Crippen MR) is 43.6 cm³/mol. The van der Waals surface area contributed by atoms with Gasteiger partial charge in [-0.1, -0.05) is 10.2 Å². The van der Waals surface area contributed by atoms with E-state index in [1.165, 1.54) is 6.92 Å². The molecule has 0 aromatic rings. The van der Waals surface area contributed by atoms with Crippen LogP contribution in [0.2, 0.25) is 0 Å². The van der Waals surface area contributed by atoms with Crippen molar-refractivity contribution in [2.45, 2.75) is 12.5 Å². The van der Waals surface area contributed by atoms with Crippen molar-refractivity contribution in [2.75, 3.05) is 13.1 Å². The molecule has 70 valence electrons. The highest BCUT2D eigenvalue weighted by atomic mass is 16.5. The summed E-state index contributed by atoms with van der Waals surface area (Å²) in [4.78, 5) is 15.1. The summed E-state index contributed by atoms with van der Waals surface area (Å²) in [6.45, 7) is 1.59. The van der Waals surface area contributed by atoms with Crippen molar-refractivity contribution in [1.82, 2.24) is 0 Å². The summed E-state index contributed by atoms with van der Waals surface area (Å²) in [6, 6.07) is 0. The first-order valence-corrected chi connectivity index (χ1v) is 3.32. The molecule has 0 saturated heterocycles. The molecule has 0 aromatic carbocycles. The Morgan fingerprint density at radius 3 is 2.15 bits per heavy atom. The molecule has 0 spiro atoms. The number of nitrogens with zero attached hydrogens (tertiary/aromatic N) is 6. The normalized spacial score (nSPS) is 13.0. The fourth-order valence-corrected chi connectivity index (χ4v) is 0.603. The van der Waals surface area contributed by atoms with Crippen LogP contribution >= 0.6 is 0 Å². The Labute approximate surface area is 73.7 Å². The van der Waals surface area contributed by atoms with Crippen LogP contribution in [0, 0.1) is 0 Å². The second kappa shape index (κ2) is 5.70. The van der Waals surface area contributed by atoms with Gasteiger partial charge in [-0.3, -0.25) is 4.79 Å². The third-order valence-corrected chi connectivity index (χ3v) is 1.27. The number of rotatable bonds is 6. The standard InChI is InChI=1S/C5H8N6O2/c1-5(13-4-12,2-8-10-6)3-9-11-7/h4H,2-3H2,1H3. The van der Waals surface area contributed by atoms with Crippen LogP contribution in [0.15, 0.2) is 10.2 Å². The lowest BCUT2D eigenvalue weighted by Crippen LogP contribution is -2.35. The molecule has 8 heteroatoms. The SMILES string of the molecule is CC(CN=[N+]=[N-])(CN=[N+]=[N-])OC=O. The number of hydrogen-bond acceptors (Lipinski definition) is 4. The Morgan fingerprint density at radius 2 is 1.85 bits per heavy atom. The van der Waals surface area contributed by atoms with Gasteiger partial charge in [-0.05, 0) is 18.0 Å². The van der Waals surface area contributed by atoms with Crippen molar-refractivity contribution in [3.05, 3.63) is 20.9 Å². The molecule has 0 aromatic heterocycles. The zero-order chi connectivity index (χ0) is 10.2. The minimum atomic E-state index is -1.06. The summed E-state index contributed by atoms with van der Waals surface area (Å²) in [7, 11) is 0. The molecule has 0 aliphatic heterocycles. The van der Waals surface area contributed by atoms with Gasteiger partial charge in [0.1, 0.15) is 5.60 Å². The Hall–Kier alpha value is -1.91. The number of azide groups is 2. The largest absolute Gasteiger partial charge is 0.461 e. The first-order chi connectivity index (χ1) is 6.18. The topological polar surface area (TPSA) is 124 Å². The molecule has 0 aliphatic rings. The summed E-state index contributed by atoms with van der Waals surface area (Å²) < 4.78 is 4.62. The highest BCUT2D eigenvalue weighted by Gasteiger charge is 2.23. The average molecular weight is 184 g/mol. The molecule has 0 rings (SSSR count). The van der Waals surface area contributed by atoms with Crippen LogP contribution < -0.4 is 0 Å². The molecular formula is C5H8N6O2. The lowest BCUT2D eigenvalue weighted by Gasteiger charge is -2.22.